The number of rotatable bonds is 2. The van der Waals surface area contributed by atoms with Crippen LogP contribution in [0.15, 0.2) is 0 Å². The van der Waals surface area contributed by atoms with E-state index in [1.165, 1.54) is 16.0 Å². The van der Waals surface area contributed by atoms with E-state index in [4.69, 9.17) is 5.73 Å². The van der Waals surface area contributed by atoms with Crippen molar-refractivity contribution in [3.05, 3.63) is 16.0 Å². The highest BCUT2D eigenvalue weighted by molar-refractivity contribution is 7.16. The molecule has 0 aromatic carbocycles. The van der Waals surface area contributed by atoms with Crippen molar-refractivity contribution in [1.82, 2.24) is 10.2 Å². The summed E-state index contributed by atoms with van der Waals surface area (Å²) in [7, 11) is 0. The summed E-state index contributed by atoms with van der Waals surface area (Å²) in [5, 5.41) is 4.37. The van der Waals surface area contributed by atoms with Crippen LogP contribution in [0.2, 0.25) is 0 Å². The predicted octanol–water partition coefficient (Wildman–Crippen LogP) is 1.35. The van der Waals surface area contributed by atoms with Crippen LogP contribution in [0.1, 0.15) is 16.0 Å². The second kappa shape index (κ2) is 4.51. The Kier molecular flexibility index (Phi) is 3.29. The van der Waals surface area contributed by atoms with E-state index in [1.807, 2.05) is 0 Å². The molecule has 15 heavy (non-hydrogen) atoms. The fraction of sp³-hybridized carbons (Fsp3) is 0.636. The lowest BCUT2D eigenvalue weighted by atomic mass is 10.1. The predicted molar refractivity (Wildman–Crippen MR) is 66.4 cm³/mol. The molecular formula is C11H19N3S. The highest BCUT2D eigenvalue weighted by Gasteiger charge is 2.15. The van der Waals surface area contributed by atoms with Gasteiger partial charge < -0.3 is 11.1 Å². The first kappa shape index (κ1) is 10.9. The van der Waals surface area contributed by atoms with E-state index >= 15 is 0 Å². The third kappa shape index (κ3) is 2.33. The van der Waals surface area contributed by atoms with Crippen LogP contribution in [0.3, 0.4) is 0 Å². The van der Waals surface area contributed by atoms with Gasteiger partial charge in [0, 0.05) is 43.2 Å². The summed E-state index contributed by atoms with van der Waals surface area (Å²) in [6.07, 6.45) is 0. The maximum Gasteiger partial charge on any atom is 0.0907 e. The van der Waals surface area contributed by atoms with Crippen LogP contribution in [0.4, 0.5) is 5.00 Å². The number of nitrogens with zero attached hydrogens (tertiary/aromatic N) is 1. The molecule has 1 saturated heterocycles. The summed E-state index contributed by atoms with van der Waals surface area (Å²) < 4.78 is 0. The minimum absolute atomic E-state index is 1.00. The van der Waals surface area contributed by atoms with Crippen molar-refractivity contribution in [3.63, 3.8) is 0 Å². The van der Waals surface area contributed by atoms with Gasteiger partial charge >= 0.3 is 0 Å². The molecule has 2 rings (SSSR count). The van der Waals surface area contributed by atoms with Crippen molar-refractivity contribution in [1.29, 1.82) is 0 Å². The van der Waals surface area contributed by atoms with Crippen molar-refractivity contribution >= 4 is 16.3 Å². The molecular weight excluding hydrogens is 206 g/mol. The van der Waals surface area contributed by atoms with E-state index in [-0.39, 0.29) is 0 Å². The molecule has 0 spiro atoms. The SMILES string of the molecule is Cc1sc(N)c(CN2CCNCC2)c1C. The quantitative estimate of drug-likeness (QED) is 0.798. The molecule has 84 valence electrons. The Morgan fingerprint density at radius 3 is 2.53 bits per heavy atom. The fourth-order valence-electron chi connectivity index (χ4n) is 1.99. The highest BCUT2D eigenvalue weighted by Crippen LogP contribution is 2.30. The molecule has 1 aromatic heterocycles. The number of thiophene rings is 1. The van der Waals surface area contributed by atoms with E-state index in [0.717, 1.165) is 37.7 Å². The summed E-state index contributed by atoms with van der Waals surface area (Å²) in [6, 6.07) is 0. The molecule has 1 fully saturated rings. The average molecular weight is 225 g/mol. The van der Waals surface area contributed by atoms with E-state index < -0.39 is 0 Å². The topological polar surface area (TPSA) is 41.3 Å². The third-order valence-corrected chi connectivity index (χ3v) is 4.21. The number of nitrogens with one attached hydrogen (secondary N) is 1. The van der Waals surface area contributed by atoms with Gasteiger partial charge in [0.25, 0.3) is 0 Å². The Labute approximate surface area is 95.3 Å². The molecule has 1 aromatic rings. The average Bonchev–Trinajstić information content (AvgIpc) is 2.47. The molecule has 4 heteroatoms. The van der Waals surface area contributed by atoms with Crippen molar-refractivity contribution in [2.75, 3.05) is 31.9 Å². The number of hydrogen-bond acceptors (Lipinski definition) is 4. The molecule has 3 nitrogen and oxygen atoms in total. The van der Waals surface area contributed by atoms with Gasteiger partial charge in [-0.15, -0.1) is 11.3 Å². The van der Waals surface area contributed by atoms with Gasteiger partial charge in [0.15, 0.2) is 0 Å². The molecule has 0 unspecified atom stereocenters. The maximum absolute atomic E-state index is 6.04. The Bertz CT molecular complexity index is 340. The standard InChI is InChI=1S/C11H19N3S/c1-8-9(2)15-11(12)10(8)7-14-5-3-13-4-6-14/h13H,3-7,12H2,1-2H3. The number of piperazine rings is 1. The molecule has 0 bridgehead atoms. The Morgan fingerprint density at radius 1 is 1.33 bits per heavy atom. The summed E-state index contributed by atoms with van der Waals surface area (Å²) in [5.74, 6) is 0. The van der Waals surface area contributed by atoms with Gasteiger partial charge in [-0.2, -0.15) is 0 Å². The van der Waals surface area contributed by atoms with Crippen LogP contribution in [-0.2, 0) is 6.54 Å². The lowest BCUT2D eigenvalue weighted by Gasteiger charge is -2.27. The molecule has 0 atom stereocenters. The van der Waals surface area contributed by atoms with Crippen LogP contribution in [0, 0.1) is 13.8 Å². The van der Waals surface area contributed by atoms with E-state index in [2.05, 4.69) is 24.1 Å². The van der Waals surface area contributed by atoms with Crippen LogP contribution in [0.5, 0.6) is 0 Å². The molecule has 2 heterocycles. The Morgan fingerprint density at radius 2 is 2.00 bits per heavy atom. The summed E-state index contributed by atoms with van der Waals surface area (Å²) >= 11 is 1.72. The normalized spacial score (nSPS) is 18.3. The maximum atomic E-state index is 6.04. The summed E-state index contributed by atoms with van der Waals surface area (Å²) in [6.45, 7) is 9.81. The van der Waals surface area contributed by atoms with Gasteiger partial charge in [0.1, 0.15) is 0 Å². The number of nitrogen functional groups attached to an aromatic ring is 1. The Balaban J connectivity index is 2.09. The van der Waals surface area contributed by atoms with Crippen molar-refractivity contribution < 1.29 is 0 Å². The first-order valence-corrected chi connectivity index (χ1v) is 6.27. The number of aryl methyl sites for hydroxylation is 1. The first-order chi connectivity index (χ1) is 7.18. The smallest absolute Gasteiger partial charge is 0.0907 e. The second-order valence-corrected chi connectivity index (χ2v) is 5.41. The zero-order valence-corrected chi connectivity index (χ0v) is 10.3. The molecule has 3 N–H and O–H groups in total. The van der Waals surface area contributed by atoms with Crippen LogP contribution < -0.4 is 11.1 Å². The van der Waals surface area contributed by atoms with Crippen LogP contribution >= 0.6 is 11.3 Å². The molecule has 1 aliphatic rings. The summed E-state index contributed by atoms with van der Waals surface area (Å²) in [4.78, 5) is 3.83. The van der Waals surface area contributed by atoms with E-state index in [0.29, 0.717) is 0 Å². The molecule has 0 saturated carbocycles. The van der Waals surface area contributed by atoms with Gasteiger partial charge in [0.05, 0.1) is 5.00 Å². The van der Waals surface area contributed by atoms with Crippen molar-refractivity contribution in [2.45, 2.75) is 20.4 Å². The van der Waals surface area contributed by atoms with E-state index in [9.17, 15) is 0 Å². The third-order valence-electron chi connectivity index (χ3n) is 3.13. The van der Waals surface area contributed by atoms with Crippen molar-refractivity contribution in [3.8, 4) is 0 Å². The molecule has 0 aliphatic carbocycles. The highest BCUT2D eigenvalue weighted by atomic mass is 32.1. The molecule has 0 radical (unpaired) electrons. The first-order valence-electron chi connectivity index (χ1n) is 5.46. The second-order valence-electron chi connectivity index (χ2n) is 4.15. The summed E-state index contributed by atoms with van der Waals surface area (Å²) in [5.41, 5.74) is 8.77. The van der Waals surface area contributed by atoms with Crippen LogP contribution in [-0.4, -0.2) is 31.1 Å². The zero-order chi connectivity index (χ0) is 10.8. The van der Waals surface area contributed by atoms with Gasteiger partial charge in [-0.25, -0.2) is 0 Å². The number of anilines is 1. The van der Waals surface area contributed by atoms with Gasteiger partial charge in [-0.05, 0) is 19.4 Å². The van der Waals surface area contributed by atoms with Gasteiger partial charge in [0.2, 0.25) is 0 Å². The Hall–Kier alpha value is -0.580. The minimum atomic E-state index is 1.00. The monoisotopic (exact) mass is 225 g/mol. The van der Waals surface area contributed by atoms with E-state index in [1.54, 1.807) is 11.3 Å². The van der Waals surface area contributed by atoms with Crippen LogP contribution in [0.25, 0.3) is 0 Å². The van der Waals surface area contributed by atoms with Gasteiger partial charge in [-0.1, -0.05) is 0 Å². The zero-order valence-electron chi connectivity index (χ0n) is 9.47. The number of nitrogens with two attached hydrogens (primary N) is 1. The fourth-order valence-corrected chi connectivity index (χ4v) is 2.94. The minimum Gasteiger partial charge on any atom is -0.390 e. The molecule has 0 amide bonds. The lowest BCUT2D eigenvalue weighted by molar-refractivity contribution is 0.233. The van der Waals surface area contributed by atoms with Crippen molar-refractivity contribution in [2.24, 2.45) is 0 Å². The largest absolute Gasteiger partial charge is 0.390 e. The van der Waals surface area contributed by atoms with Gasteiger partial charge in [-0.3, -0.25) is 4.90 Å². The lowest BCUT2D eigenvalue weighted by Crippen LogP contribution is -2.43. The molecule has 1 aliphatic heterocycles. The number of hydrogen-bond donors (Lipinski definition) is 2.